The van der Waals surface area contributed by atoms with Crippen molar-refractivity contribution < 1.29 is 4.79 Å². The molecule has 0 aromatic rings. The second-order valence-corrected chi connectivity index (χ2v) is 6.53. The SMILES string of the molecule is CC(C)C1NC(C(C)C)N(C2CCN(C)C2)C1=O. The maximum absolute atomic E-state index is 12.6. The molecule has 3 unspecified atom stereocenters. The first-order chi connectivity index (χ1) is 8.41. The lowest BCUT2D eigenvalue weighted by Gasteiger charge is -2.32. The van der Waals surface area contributed by atoms with Crippen LogP contribution in [0, 0.1) is 11.8 Å². The number of rotatable bonds is 3. The molecule has 2 saturated heterocycles. The summed E-state index contributed by atoms with van der Waals surface area (Å²) in [6, 6.07) is 0.398. The van der Waals surface area contributed by atoms with E-state index in [1.54, 1.807) is 0 Å². The number of carbonyl (C=O) groups excluding carboxylic acids is 1. The number of nitrogens with one attached hydrogen (secondary N) is 1. The maximum atomic E-state index is 12.6. The van der Waals surface area contributed by atoms with Crippen LogP contribution >= 0.6 is 0 Å². The zero-order chi connectivity index (χ0) is 13.4. The van der Waals surface area contributed by atoms with E-state index in [9.17, 15) is 4.79 Å². The first-order valence-corrected chi connectivity index (χ1v) is 7.18. The molecule has 1 N–H and O–H groups in total. The minimum Gasteiger partial charge on any atom is -0.321 e. The first-order valence-electron chi connectivity index (χ1n) is 7.18. The molecule has 18 heavy (non-hydrogen) atoms. The van der Waals surface area contributed by atoms with Gasteiger partial charge in [0.05, 0.1) is 12.2 Å². The Morgan fingerprint density at radius 3 is 2.33 bits per heavy atom. The van der Waals surface area contributed by atoms with Gasteiger partial charge in [0.15, 0.2) is 0 Å². The quantitative estimate of drug-likeness (QED) is 0.819. The van der Waals surface area contributed by atoms with Crippen LogP contribution in [0.25, 0.3) is 0 Å². The monoisotopic (exact) mass is 253 g/mol. The summed E-state index contributed by atoms with van der Waals surface area (Å²) < 4.78 is 0. The number of carbonyl (C=O) groups is 1. The summed E-state index contributed by atoms with van der Waals surface area (Å²) in [6.45, 7) is 10.8. The summed E-state index contributed by atoms with van der Waals surface area (Å²) in [5.41, 5.74) is 0. The van der Waals surface area contributed by atoms with Crippen LogP contribution in [0.15, 0.2) is 0 Å². The fraction of sp³-hybridized carbons (Fsp3) is 0.929. The van der Waals surface area contributed by atoms with Crippen LogP contribution in [-0.2, 0) is 4.79 Å². The Balaban J connectivity index is 2.17. The van der Waals surface area contributed by atoms with Gasteiger partial charge >= 0.3 is 0 Å². The highest BCUT2D eigenvalue weighted by atomic mass is 16.2. The van der Waals surface area contributed by atoms with Gasteiger partial charge in [-0.05, 0) is 31.8 Å². The highest BCUT2D eigenvalue weighted by Gasteiger charge is 2.45. The van der Waals surface area contributed by atoms with Crippen molar-refractivity contribution in [2.75, 3.05) is 20.1 Å². The molecule has 2 aliphatic rings. The number of likely N-dealkylation sites (tertiary alicyclic amines) is 1. The number of likely N-dealkylation sites (N-methyl/N-ethyl adjacent to an activating group) is 1. The van der Waals surface area contributed by atoms with Gasteiger partial charge < -0.3 is 9.80 Å². The Hall–Kier alpha value is -0.610. The van der Waals surface area contributed by atoms with Crippen LogP contribution in [0.4, 0.5) is 0 Å². The van der Waals surface area contributed by atoms with Gasteiger partial charge in [0.2, 0.25) is 5.91 Å². The summed E-state index contributed by atoms with van der Waals surface area (Å²) in [6.07, 6.45) is 1.32. The van der Waals surface area contributed by atoms with Gasteiger partial charge in [-0.1, -0.05) is 27.7 Å². The predicted octanol–water partition coefficient (Wildman–Crippen LogP) is 1.13. The van der Waals surface area contributed by atoms with E-state index in [1.165, 1.54) is 0 Å². The number of amides is 1. The van der Waals surface area contributed by atoms with Crippen molar-refractivity contribution in [3.63, 3.8) is 0 Å². The minimum absolute atomic E-state index is 0.00306. The molecule has 2 heterocycles. The lowest BCUT2D eigenvalue weighted by Crippen LogP contribution is -2.48. The lowest BCUT2D eigenvalue weighted by molar-refractivity contribution is -0.133. The summed E-state index contributed by atoms with van der Waals surface area (Å²) in [5.74, 6) is 1.13. The highest BCUT2D eigenvalue weighted by Crippen LogP contribution is 2.27. The average molecular weight is 253 g/mol. The highest BCUT2D eigenvalue weighted by molar-refractivity contribution is 5.85. The third-order valence-electron chi connectivity index (χ3n) is 4.23. The van der Waals surface area contributed by atoms with Gasteiger partial charge in [0.25, 0.3) is 0 Å². The van der Waals surface area contributed by atoms with Crippen molar-refractivity contribution in [3.05, 3.63) is 0 Å². The Labute approximate surface area is 111 Å². The van der Waals surface area contributed by atoms with E-state index in [0.29, 0.717) is 23.8 Å². The predicted molar refractivity (Wildman–Crippen MR) is 73.1 cm³/mol. The molecule has 1 amide bonds. The lowest BCUT2D eigenvalue weighted by atomic mass is 10.0. The van der Waals surface area contributed by atoms with E-state index in [4.69, 9.17) is 0 Å². The molecule has 2 rings (SSSR count). The Bertz CT molecular complexity index is 316. The van der Waals surface area contributed by atoms with E-state index in [0.717, 1.165) is 19.5 Å². The second-order valence-electron chi connectivity index (χ2n) is 6.53. The third kappa shape index (κ3) is 2.41. The van der Waals surface area contributed by atoms with E-state index in [1.807, 2.05) is 0 Å². The van der Waals surface area contributed by atoms with Gasteiger partial charge in [-0.2, -0.15) is 0 Å². The fourth-order valence-electron chi connectivity index (χ4n) is 3.17. The molecule has 0 radical (unpaired) electrons. The minimum atomic E-state index is 0.00306. The molecule has 0 aliphatic carbocycles. The third-order valence-corrected chi connectivity index (χ3v) is 4.23. The zero-order valence-electron chi connectivity index (χ0n) is 12.3. The summed E-state index contributed by atoms with van der Waals surface area (Å²) in [7, 11) is 2.14. The summed E-state index contributed by atoms with van der Waals surface area (Å²) in [4.78, 5) is 17.1. The van der Waals surface area contributed by atoms with Crippen molar-refractivity contribution >= 4 is 5.91 Å². The van der Waals surface area contributed by atoms with Gasteiger partial charge in [-0.15, -0.1) is 0 Å². The Kier molecular flexibility index (Phi) is 3.97. The fourth-order valence-corrected chi connectivity index (χ4v) is 3.17. The molecule has 2 aliphatic heterocycles. The van der Waals surface area contributed by atoms with Crippen molar-refractivity contribution in [1.29, 1.82) is 0 Å². The van der Waals surface area contributed by atoms with E-state index in [-0.39, 0.29) is 12.2 Å². The largest absolute Gasteiger partial charge is 0.321 e. The molecule has 104 valence electrons. The smallest absolute Gasteiger partial charge is 0.241 e. The van der Waals surface area contributed by atoms with Crippen LogP contribution < -0.4 is 5.32 Å². The van der Waals surface area contributed by atoms with E-state index >= 15 is 0 Å². The van der Waals surface area contributed by atoms with Crippen LogP contribution in [0.3, 0.4) is 0 Å². The standard InChI is InChI=1S/C14H27N3O/c1-9(2)12-14(18)17(13(15-12)10(3)4)11-6-7-16(5)8-11/h9-13,15H,6-8H2,1-5H3. The molecule has 2 fully saturated rings. The normalized spacial score (nSPS) is 34.3. The topological polar surface area (TPSA) is 35.6 Å². The molecule has 0 aromatic heterocycles. The van der Waals surface area contributed by atoms with Crippen LogP contribution in [0.2, 0.25) is 0 Å². The molecule has 4 nitrogen and oxygen atoms in total. The van der Waals surface area contributed by atoms with Crippen molar-refractivity contribution in [2.45, 2.75) is 52.4 Å². The molecular formula is C14H27N3O. The molecule has 0 saturated carbocycles. The molecule has 0 bridgehead atoms. The van der Waals surface area contributed by atoms with Crippen molar-refractivity contribution in [3.8, 4) is 0 Å². The number of hydrogen-bond donors (Lipinski definition) is 1. The molecule has 0 spiro atoms. The molecule has 3 atom stereocenters. The summed E-state index contributed by atoms with van der Waals surface area (Å²) in [5, 5.41) is 3.54. The first kappa shape index (κ1) is 13.8. The van der Waals surface area contributed by atoms with Gasteiger partial charge in [-0.25, -0.2) is 0 Å². The van der Waals surface area contributed by atoms with Crippen LogP contribution in [-0.4, -0.2) is 54.1 Å². The van der Waals surface area contributed by atoms with Gasteiger partial charge in [-0.3, -0.25) is 10.1 Å². The van der Waals surface area contributed by atoms with E-state index in [2.05, 4.69) is 49.9 Å². The van der Waals surface area contributed by atoms with Crippen LogP contribution in [0.1, 0.15) is 34.1 Å². The van der Waals surface area contributed by atoms with Crippen molar-refractivity contribution in [1.82, 2.24) is 15.1 Å². The zero-order valence-corrected chi connectivity index (χ0v) is 12.3. The van der Waals surface area contributed by atoms with Gasteiger partial charge in [0.1, 0.15) is 0 Å². The molecule has 0 aromatic carbocycles. The number of hydrogen-bond acceptors (Lipinski definition) is 3. The van der Waals surface area contributed by atoms with Crippen LogP contribution in [0.5, 0.6) is 0 Å². The van der Waals surface area contributed by atoms with Gasteiger partial charge in [0, 0.05) is 12.6 Å². The van der Waals surface area contributed by atoms with Crippen molar-refractivity contribution in [2.24, 2.45) is 11.8 Å². The van der Waals surface area contributed by atoms with E-state index < -0.39 is 0 Å². The Morgan fingerprint density at radius 2 is 1.89 bits per heavy atom. The molecular weight excluding hydrogens is 226 g/mol. The number of nitrogens with zero attached hydrogens (tertiary/aromatic N) is 2. The average Bonchev–Trinajstić information content (AvgIpc) is 2.81. The molecule has 4 heteroatoms. The maximum Gasteiger partial charge on any atom is 0.241 e. The summed E-state index contributed by atoms with van der Waals surface area (Å²) >= 11 is 0. The Morgan fingerprint density at radius 1 is 1.22 bits per heavy atom. The second kappa shape index (κ2) is 5.17.